The van der Waals surface area contributed by atoms with Crippen molar-refractivity contribution in [3.05, 3.63) is 29.6 Å². The minimum atomic E-state index is -3.62. The lowest BCUT2D eigenvalue weighted by Crippen LogP contribution is -2.40. The highest BCUT2D eigenvalue weighted by atomic mass is 32.2. The van der Waals surface area contributed by atoms with Gasteiger partial charge in [0, 0.05) is 13.1 Å². The number of ether oxygens (including phenoxy) is 1. The number of nitrogens with one attached hydrogen (secondary N) is 1. The second-order valence-electron chi connectivity index (χ2n) is 6.52. The third kappa shape index (κ3) is 4.01. The monoisotopic (exact) mass is 383 g/mol. The fourth-order valence-corrected chi connectivity index (χ4v) is 4.97. The Balaban J connectivity index is 1.59. The van der Waals surface area contributed by atoms with Gasteiger partial charge in [-0.1, -0.05) is 0 Å². The van der Waals surface area contributed by atoms with Gasteiger partial charge < -0.3 is 4.74 Å². The highest BCUT2D eigenvalue weighted by Crippen LogP contribution is 2.25. The molecular formula is C16H22FN5O3S. The summed E-state index contributed by atoms with van der Waals surface area (Å²) >= 11 is 0. The number of halogens is 1. The minimum Gasteiger partial charge on any atom is -0.460 e. The zero-order valence-electron chi connectivity index (χ0n) is 14.9. The molecule has 0 bridgehead atoms. The molecule has 26 heavy (non-hydrogen) atoms. The van der Waals surface area contributed by atoms with Crippen LogP contribution < -0.4 is 9.46 Å². The maximum atomic E-state index is 12.8. The van der Waals surface area contributed by atoms with E-state index in [4.69, 9.17) is 4.74 Å². The van der Waals surface area contributed by atoms with Crippen LogP contribution in [-0.4, -0.2) is 40.3 Å². The van der Waals surface area contributed by atoms with E-state index in [2.05, 4.69) is 19.8 Å². The Hall–Kier alpha value is -2.07. The van der Waals surface area contributed by atoms with Crippen molar-refractivity contribution < 1.29 is 17.5 Å². The molecule has 0 spiro atoms. The molecule has 8 nitrogen and oxygen atoms in total. The molecule has 1 fully saturated rings. The summed E-state index contributed by atoms with van der Waals surface area (Å²) in [6.45, 7) is 3.43. The molecule has 0 atom stereocenters. The van der Waals surface area contributed by atoms with E-state index in [1.165, 1.54) is 0 Å². The van der Waals surface area contributed by atoms with Crippen molar-refractivity contribution in [2.45, 2.75) is 56.6 Å². The average molecular weight is 383 g/mol. The Kier molecular flexibility index (Phi) is 5.24. The van der Waals surface area contributed by atoms with Crippen LogP contribution in [0.5, 0.6) is 6.01 Å². The van der Waals surface area contributed by atoms with Gasteiger partial charge in [-0.3, -0.25) is 4.68 Å². The molecule has 3 rings (SSSR count). The zero-order valence-corrected chi connectivity index (χ0v) is 15.8. The van der Waals surface area contributed by atoms with Gasteiger partial charge in [-0.15, -0.1) is 0 Å². The van der Waals surface area contributed by atoms with Gasteiger partial charge in [0.15, 0.2) is 5.82 Å². The summed E-state index contributed by atoms with van der Waals surface area (Å²) in [7, 11) is -1.90. The lowest BCUT2D eigenvalue weighted by atomic mass is 9.94. The van der Waals surface area contributed by atoms with Crippen LogP contribution in [0.1, 0.15) is 37.1 Å². The van der Waals surface area contributed by atoms with Gasteiger partial charge in [-0.2, -0.15) is 5.10 Å². The van der Waals surface area contributed by atoms with Gasteiger partial charge in [0.1, 0.15) is 11.0 Å². The fraction of sp³-hybridized carbons (Fsp3) is 0.562. The van der Waals surface area contributed by atoms with E-state index in [0.717, 1.165) is 12.4 Å². The third-order valence-corrected chi connectivity index (χ3v) is 6.35. The highest BCUT2D eigenvalue weighted by Gasteiger charge is 2.30. The van der Waals surface area contributed by atoms with Crippen molar-refractivity contribution in [1.82, 2.24) is 24.5 Å². The van der Waals surface area contributed by atoms with Gasteiger partial charge in [-0.05, 0) is 39.5 Å². The smallest absolute Gasteiger partial charge is 0.316 e. The first kappa shape index (κ1) is 18.7. The second kappa shape index (κ2) is 7.28. The molecule has 1 saturated carbocycles. The number of aromatic nitrogens is 4. The van der Waals surface area contributed by atoms with Gasteiger partial charge in [0.05, 0.1) is 23.8 Å². The molecular weight excluding hydrogens is 361 g/mol. The standard InChI is InChI=1S/C16H22FN5O3S/c1-10-15(11(2)22(3)20-10)26(23,24)21-13-4-6-14(7-5-13)25-16-18-8-12(17)9-19-16/h8-9,13-14,21H,4-7H2,1-3H3. The molecule has 0 saturated heterocycles. The SMILES string of the molecule is Cc1nn(C)c(C)c1S(=O)(=O)NC1CCC(Oc2ncc(F)cn2)CC1. The lowest BCUT2D eigenvalue weighted by Gasteiger charge is -2.28. The minimum absolute atomic E-state index is 0.108. The van der Waals surface area contributed by atoms with Crippen molar-refractivity contribution >= 4 is 10.0 Å². The van der Waals surface area contributed by atoms with E-state index >= 15 is 0 Å². The molecule has 1 aliphatic rings. The first-order chi connectivity index (χ1) is 12.3. The Bertz CT molecular complexity index is 874. The molecule has 1 N–H and O–H groups in total. The number of hydrogen-bond acceptors (Lipinski definition) is 6. The van der Waals surface area contributed by atoms with Crippen LogP contribution >= 0.6 is 0 Å². The second-order valence-corrected chi connectivity index (χ2v) is 8.17. The number of sulfonamides is 1. The molecule has 0 aromatic carbocycles. The summed E-state index contributed by atoms with van der Waals surface area (Å²) < 4.78 is 48.2. The summed E-state index contributed by atoms with van der Waals surface area (Å²) in [5, 5.41) is 4.17. The van der Waals surface area contributed by atoms with Crippen molar-refractivity contribution in [2.24, 2.45) is 7.05 Å². The van der Waals surface area contributed by atoms with Crippen molar-refractivity contribution in [1.29, 1.82) is 0 Å². The van der Waals surface area contributed by atoms with Crippen molar-refractivity contribution in [2.75, 3.05) is 0 Å². The molecule has 142 valence electrons. The number of aryl methyl sites for hydroxylation is 2. The molecule has 2 aromatic rings. The Morgan fingerprint density at radius 3 is 2.35 bits per heavy atom. The summed E-state index contributed by atoms with van der Waals surface area (Å²) in [5.41, 5.74) is 1.10. The molecule has 0 unspecified atom stereocenters. The van der Waals surface area contributed by atoms with Crippen LogP contribution in [0.25, 0.3) is 0 Å². The highest BCUT2D eigenvalue weighted by molar-refractivity contribution is 7.89. The van der Waals surface area contributed by atoms with Gasteiger partial charge in [0.25, 0.3) is 0 Å². The summed E-state index contributed by atoms with van der Waals surface area (Å²) in [4.78, 5) is 7.81. The van der Waals surface area contributed by atoms with Crippen LogP contribution in [0.15, 0.2) is 17.3 Å². The maximum absolute atomic E-state index is 12.8. The van der Waals surface area contributed by atoms with Crippen molar-refractivity contribution in [3.8, 4) is 6.01 Å². The van der Waals surface area contributed by atoms with E-state index < -0.39 is 15.8 Å². The molecule has 0 amide bonds. The maximum Gasteiger partial charge on any atom is 0.316 e. The van der Waals surface area contributed by atoms with Gasteiger partial charge in [-0.25, -0.2) is 27.5 Å². The largest absolute Gasteiger partial charge is 0.460 e. The van der Waals surface area contributed by atoms with Gasteiger partial charge >= 0.3 is 6.01 Å². The zero-order chi connectivity index (χ0) is 18.9. The summed E-state index contributed by atoms with van der Waals surface area (Å²) in [6, 6.07) is -0.0231. The van der Waals surface area contributed by atoms with Gasteiger partial charge in [0.2, 0.25) is 10.0 Å². The number of nitrogens with zero attached hydrogens (tertiary/aromatic N) is 4. The van der Waals surface area contributed by atoms with E-state index in [1.54, 1.807) is 25.6 Å². The van der Waals surface area contributed by atoms with Crippen molar-refractivity contribution in [3.63, 3.8) is 0 Å². The molecule has 0 radical (unpaired) electrons. The topological polar surface area (TPSA) is 99.0 Å². The van der Waals surface area contributed by atoms with Crippen LogP contribution in [0.4, 0.5) is 4.39 Å². The fourth-order valence-electron chi connectivity index (χ4n) is 3.23. The Morgan fingerprint density at radius 1 is 1.19 bits per heavy atom. The van der Waals surface area contributed by atoms with E-state index in [9.17, 15) is 12.8 Å². The summed E-state index contributed by atoms with van der Waals surface area (Å²) in [5.74, 6) is -0.517. The molecule has 10 heteroatoms. The predicted molar refractivity (Wildman–Crippen MR) is 91.7 cm³/mol. The molecule has 1 aliphatic carbocycles. The number of rotatable bonds is 5. The first-order valence-electron chi connectivity index (χ1n) is 8.43. The number of hydrogen-bond donors (Lipinski definition) is 1. The summed E-state index contributed by atoms with van der Waals surface area (Å²) in [6.07, 6.45) is 4.62. The van der Waals surface area contributed by atoms with Crippen LogP contribution in [0, 0.1) is 19.7 Å². The predicted octanol–water partition coefficient (Wildman–Crippen LogP) is 1.63. The lowest BCUT2D eigenvalue weighted by molar-refractivity contribution is 0.132. The Morgan fingerprint density at radius 2 is 1.81 bits per heavy atom. The van der Waals surface area contributed by atoms with E-state index in [-0.39, 0.29) is 23.1 Å². The quantitative estimate of drug-likeness (QED) is 0.843. The molecule has 0 aliphatic heterocycles. The van der Waals surface area contributed by atoms with Crippen LogP contribution in [-0.2, 0) is 17.1 Å². The van der Waals surface area contributed by atoms with Crippen LogP contribution in [0.3, 0.4) is 0 Å². The molecule has 2 heterocycles. The van der Waals surface area contributed by atoms with E-state index in [1.807, 2.05) is 0 Å². The average Bonchev–Trinajstić information content (AvgIpc) is 2.84. The van der Waals surface area contributed by atoms with E-state index in [0.29, 0.717) is 37.1 Å². The Labute approximate surface area is 151 Å². The normalized spacial score (nSPS) is 20.9. The molecule has 2 aromatic heterocycles. The third-order valence-electron chi connectivity index (χ3n) is 4.58. The van der Waals surface area contributed by atoms with Crippen LogP contribution in [0.2, 0.25) is 0 Å². The first-order valence-corrected chi connectivity index (χ1v) is 9.91.